The number of benzene rings is 1. The molecule has 28 heavy (non-hydrogen) atoms. The largest absolute Gasteiger partial charge is 0.386 e. The minimum absolute atomic E-state index is 0.248. The highest BCUT2D eigenvalue weighted by Gasteiger charge is 2.15. The number of pyridine rings is 2. The normalized spacial score (nSPS) is 10.8. The third-order valence-corrected chi connectivity index (χ3v) is 4.48. The van der Waals surface area contributed by atoms with Crippen LogP contribution in [0.3, 0.4) is 0 Å². The zero-order valence-electron chi connectivity index (χ0n) is 15.5. The third-order valence-electron chi connectivity index (χ3n) is 4.48. The molecule has 140 valence electrons. The summed E-state index contributed by atoms with van der Waals surface area (Å²) in [4.78, 5) is 20.4. The maximum Gasteiger partial charge on any atom is 0.173 e. The SMILES string of the molecule is CNc1cc(-c2cnn(C)c2)nc(NCc2ccc3ncccc3c2)c1N=O. The Bertz CT molecular complexity index is 1150. The molecule has 4 rings (SSSR count). The van der Waals surface area contributed by atoms with Gasteiger partial charge in [-0.1, -0.05) is 12.1 Å². The van der Waals surface area contributed by atoms with E-state index in [0.29, 0.717) is 23.7 Å². The molecule has 0 aliphatic heterocycles. The molecule has 1 aromatic carbocycles. The van der Waals surface area contributed by atoms with Gasteiger partial charge in [0.1, 0.15) is 0 Å². The van der Waals surface area contributed by atoms with Gasteiger partial charge in [-0.3, -0.25) is 9.67 Å². The van der Waals surface area contributed by atoms with E-state index in [1.54, 1.807) is 30.2 Å². The summed E-state index contributed by atoms with van der Waals surface area (Å²) in [7, 11) is 3.59. The predicted octanol–water partition coefficient (Wildman–Crippen LogP) is 4.08. The van der Waals surface area contributed by atoms with Crippen molar-refractivity contribution in [3.63, 3.8) is 0 Å². The highest BCUT2D eigenvalue weighted by Crippen LogP contribution is 2.35. The molecular formula is C20H19N7O. The van der Waals surface area contributed by atoms with Crippen LogP contribution in [0.25, 0.3) is 22.2 Å². The fraction of sp³-hybridized carbons (Fsp3) is 0.150. The number of nitroso groups, excluding NO2 is 1. The number of nitrogens with one attached hydrogen (secondary N) is 2. The second-order valence-electron chi connectivity index (χ2n) is 6.38. The molecule has 0 spiro atoms. The van der Waals surface area contributed by atoms with Crippen LogP contribution in [-0.2, 0) is 13.6 Å². The molecule has 0 aliphatic rings. The maximum atomic E-state index is 11.5. The second kappa shape index (κ2) is 7.43. The summed E-state index contributed by atoms with van der Waals surface area (Å²) in [5, 5.41) is 14.7. The number of aryl methyl sites for hydroxylation is 1. The summed E-state index contributed by atoms with van der Waals surface area (Å²) in [6.45, 7) is 0.500. The first-order chi connectivity index (χ1) is 13.7. The first kappa shape index (κ1) is 17.6. The first-order valence-corrected chi connectivity index (χ1v) is 8.80. The maximum absolute atomic E-state index is 11.5. The van der Waals surface area contributed by atoms with E-state index < -0.39 is 0 Å². The van der Waals surface area contributed by atoms with Crippen molar-refractivity contribution >= 4 is 28.1 Å². The highest BCUT2D eigenvalue weighted by atomic mass is 16.3. The van der Waals surface area contributed by atoms with Gasteiger partial charge in [0.25, 0.3) is 0 Å². The Morgan fingerprint density at radius 2 is 2.11 bits per heavy atom. The number of anilines is 2. The zero-order valence-corrected chi connectivity index (χ0v) is 15.5. The van der Waals surface area contributed by atoms with Crippen LogP contribution in [0.4, 0.5) is 17.2 Å². The number of hydrogen-bond donors (Lipinski definition) is 2. The quantitative estimate of drug-likeness (QED) is 0.494. The lowest BCUT2D eigenvalue weighted by molar-refractivity contribution is 0.768. The van der Waals surface area contributed by atoms with Gasteiger partial charge in [0.15, 0.2) is 11.5 Å². The zero-order chi connectivity index (χ0) is 19.5. The van der Waals surface area contributed by atoms with Crippen molar-refractivity contribution < 1.29 is 0 Å². The Morgan fingerprint density at radius 1 is 1.21 bits per heavy atom. The summed E-state index contributed by atoms with van der Waals surface area (Å²) in [6, 6.07) is 11.8. The number of fused-ring (bicyclic) bond motifs is 1. The van der Waals surface area contributed by atoms with E-state index in [0.717, 1.165) is 22.0 Å². The summed E-state index contributed by atoms with van der Waals surface area (Å²) < 4.78 is 1.71. The van der Waals surface area contributed by atoms with Gasteiger partial charge in [0.2, 0.25) is 0 Å². The topological polar surface area (TPSA) is 97.1 Å². The molecule has 0 aliphatic carbocycles. The third kappa shape index (κ3) is 3.39. The Morgan fingerprint density at radius 3 is 2.86 bits per heavy atom. The predicted molar refractivity (Wildman–Crippen MR) is 111 cm³/mol. The molecule has 8 nitrogen and oxygen atoms in total. The first-order valence-electron chi connectivity index (χ1n) is 8.80. The summed E-state index contributed by atoms with van der Waals surface area (Å²) >= 11 is 0. The smallest absolute Gasteiger partial charge is 0.173 e. The van der Waals surface area contributed by atoms with Gasteiger partial charge >= 0.3 is 0 Å². The summed E-state index contributed by atoms with van der Waals surface area (Å²) in [5.41, 5.74) is 4.41. The molecule has 0 fully saturated rings. The van der Waals surface area contributed by atoms with E-state index in [4.69, 9.17) is 0 Å². The average molecular weight is 373 g/mol. The summed E-state index contributed by atoms with van der Waals surface area (Å²) in [6.07, 6.45) is 5.38. The standard InChI is InChI=1S/C20H19N7O/c1-21-18-9-17(15-11-24-27(2)12-15)25-20(19(18)26-28)23-10-13-5-6-16-14(8-13)4-3-7-22-16/h3-9,11-12H,10H2,1-2H3,(H2,21,23,25). The molecule has 0 saturated heterocycles. The lowest BCUT2D eigenvalue weighted by Crippen LogP contribution is -2.04. The average Bonchev–Trinajstić information content (AvgIpc) is 3.17. The van der Waals surface area contributed by atoms with Crippen LogP contribution < -0.4 is 10.6 Å². The number of aromatic nitrogens is 4. The minimum atomic E-state index is 0.248. The van der Waals surface area contributed by atoms with Crippen LogP contribution in [-0.4, -0.2) is 26.8 Å². The van der Waals surface area contributed by atoms with Gasteiger partial charge in [-0.25, -0.2) is 4.98 Å². The van der Waals surface area contributed by atoms with Crippen LogP contribution in [0.2, 0.25) is 0 Å². The molecule has 0 atom stereocenters. The van der Waals surface area contributed by atoms with Crippen molar-refractivity contribution in [2.45, 2.75) is 6.54 Å². The van der Waals surface area contributed by atoms with Gasteiger partial charge in [0.05, 0.1) is 23.1 Å². The molecule has 0 radical (unpaired) electrons. The molecule has 2 N–H and O–H groups in total. The Hall–Kier alpha value is -3.81. The van der Waals surface area contributed by atoms with Crippen LogP contribution in [0, 0.1) is 4.91 Å². The van der Waals surface area contributed by atoms with E-state index in [1.165, 1.54) is 0 Å². The van der Waals surface area contributed by atoms with Crippen molar-refractivity contribution in [1.82, 2.24) is 19.7 Å². The van der Waals surface area contributed by atoms with Crippen molar-refractivity contribution in [2.75, 3.05) is 17.7 Å². The van der Waals surface area contributed by atoms with Crippen LogP contribution in [0.5, 0.6) is 0 Å². The molecular weight excluding hydrogens is 354 g/mol. The van der Waals surface area contributed by atoms with Crippen LogP contribution >= 0.6 is 0 Å². The van der Waals surface area contributed by atoms with Crippen molar-refractivity contribution in [2.24, 2.45) is 12.2 Å². The number of nitrogens with zero attached hydrogens (tertiary/aromatic N) is 5. The molecule has 0 unspecified atom stereocenters. The van der Waals surface area contributed by atoms with Crippen LogP contribution in [0.15, 0.2) is 60.2 Å². The monoisotopic (exact) mass is 373 g/mol. The number of hydrogen-bond acceptors (Lipinski definition) is 7. The Balaban J connectivity index is 1.67. The molecule has 3 aromatic heterocycles. The molecule has 4 aromatic rings. The van der Waals surface area contributed by atoms with Crippen molar-refractivity contribution in [3.8, 4) is 11.3 Å². The fourth-order valence-corrected chi connectivity index (χ4v) is 3.07. The van der Waals surface area contributed by atoms with Crippen LogP contribution in [0.1, 0.15) is 5.56 Å². The molecule has 3 heterocycles. The van der Waals surface area contributed by atoms with Crippen molar-refractivity contribution in [1.29, 1.82) is 0 Å². The lowest BCUT2D eigenvalue weighted by atomic mass is 10.1. The molecule has 8 heteroatoms. The van der Waals surface area contributed by atoms with Gasteiger partial charge in [-0.05, 0) is 35.0 Å². The van der Waals surface area contributed by atoms with Gasteiger partial charge in [0, 0.05) is 44.0 Å². The minimum Gasteiger partial charge on any atom is -0.386 e. The van der Waals surface area contributed by atoms with Gasteiger partial charge in [-0.15, -0.1) is 4.91 Å². The Labute approximate surface area is 161 Å². The van der Waals surface area contributed by atoms with Gasteiger partial charge in [-0.2, -0.15) is 5.10 Å². The lowest BCUT2D eigenvalue weighted by Gasteiger charge is -2.13. The van der Waals surface area contributed by atoms with E-state index in [2.05, 4.69) is 36.9 Å². The molecule has 0 amide bonds. The summed E-state index contributed by atoms with van der Waals surface area (Å²) in [5.74, 6) is 0.423. The Kier molecular flexibility index (Phi) is 4.67. The van der Waals surface area contributed by atoms with E-state index in [9.17, 15) is 4.91 Å². The molecule has 0 bridgehead atoms. The fourth-order valence-electron chi connectivity index (χ4n) is 3.07. The van der Waals surface area contributed by atoms with Crippen molar-refractivity contribution in [3.05, 3.63) is 65.5 Å². The van der Waals surface area contributed by atoms with E-state index >= 15 is 0 Å². The van der Waals surface area contributed by atoms with E-state index in [-0.39, 0.29) is 5.69 Å². The highest BCUT2D eigenvalue weighted by molar-refractivity contribution is 5.82. The second-order valence-corrected chi connectivity index (χ2v) is 6.38. The van der Waals surface area contributed by atoms with E-state index in [1.807, 2.05) is 37.5 Å². The molecule has 0 saturated carbocycles. The number of rotatable bonds is 6. The van der Waals surface area contributed by atoms with Gasteiger partial charge < -0.3 is 10.6 Å².